The molecule has 1 aliphatic heterocycles. The van der Waals surface area contributed by atoms with Gasteiger partial charge in [-0.2, -0.15) is 14.8 Å². The average Bonchev–Trinajstić information content (AvgIpc) is 3.34. The molecule has 0 saturated heterocycles. The van der Waals surface area contributed by atoms with E-state index in [9.17, 15) is 9.59 Å². The van der Waals surface area contributed by atoms with Gasteiger partial charge in [-0.3, -0.25) is 9.59 Å². The van der Waals surface area contributed by atoms with Crippen molar-refractivity contribution in [3.63, 3.8) is 0 Å². The van der Waals surface area contributed by atoms with Gasteiger partial charge in [-0.25, -0.2) is 4.99 Å². The summed E-state index contributed by atoms with van der Waals surface area (Å²) < 4.78 is 12.3. The van der Waals surface area contributed by atoms with E-state index in [0.717, 1.165) is 30.7 Å². The van der Waals surface area contributed by atoms with Crippen LogP contribution in [0.3, 0.4) is 0 Å². The Bertz CT molecular complexity index is 1020. The van der Waals surface area contributed by atoms with Crippen molar-refractivity contribution in [2.24, 2.45) is 15.9 Å². The Labute approximate surface area is 173 Å². The van der Waals surface area contributed by atoms with Crippen molar-refractivity contribution in [2.45, 2.75) is 33.1 Å². The Balaban J connectivity index is 1.43. The van der Waals surface area contributed by atoms with Gasteiger partial charge in [0.25, 0.3) is 17.8 Å². The van der Waals surface area contributed by atoms with E-state index in [1.807, 2.05) is 6.92 Å². The summed E-state index contributed by atoms with van der Waals surface area (Å²) in [4.78, 5) is 33.3. The van der Waals surface area contributed by atoms with Gasteiger partial charge < -0.3 is 14.8 Å². The largest absolute Gasteiger partial charge is 0.494 e. The second kappa shape index (κ2) is 8.48. The molecule has 4 rings (SSSR count). The molecule has 1 aromatic heterocycles. The Morgan fingerprint density at radius 3 is 2.67 bits per heavy atom. The fraction of sp³-hybridized carbons (Fsp3) is 0.381. The van der Waals surface area contributed by atoms with E-state index in [-0.39, 0.29) is 30.3 Å². The number of hydrogen-bond donors (Lipinski definition) is 1. The van der Waals surface area contributed by atoms with Crippen molar-refractivity contribution in [3.8, 4) is 11.5 Å². The van der Waals surface area contributed by atoms with Gasteiger partial charge in [0, 0.05) is 11.8 Å². The summed E-state index contributed by atoms with van der Waals surface area (Å²) in [6.45, 7) is 4.10. The lowest BCUT2D eigenvalue weighted by atomic mass is 10.1. The summed E-state index contributed by atoms with van der Waals surface area (Å²) in [5.74, 6) is 1.10. The predicted molar refractivity (Wildman–Crippen MR) is 111 cm³/mol. The van der Waals surface area contributed by atoms with Crippen LogP contribution in [0.15, 0.2) is 40.3 Å². The molecule has 0 bridgehead atoms. The quantitative estimate of drug-likeness (QED) is 0.789. The third-order valence-corrected chi connectivity index (χ3v) is 4.87. The molecule has 1 saturated carbocycles. The molecule has 0 radical (unpaired) electrons. The van der Waals surface area contributed by atoms with Gasteiger partial charge in [0.05, 0.1) is 18.2 Å². The van der Waals surface area contributed by atoms with Crippen LogP contribution in [0.1, 0.15) is 31.9 Å². The molecule has 0 spiro atoms. The Morgan fingerprint density at radius 1 is 1.20 bits per heavy atom. The maximum Gasteiger partial charge on any atom is 0.263 e. The first-order chi connectivity index (χ1) is 14.5. The van der Waals surface area contributed by atoms with Crippen molar-refractivity contribution >= 4 is 29.3 Å². The molecular weight excluding hydrogens is 386 g/mol. The third-order valence-electron chi connectivity index (χ3n) is 4.87. The molecule has 1 atom stereocenters. The minimum absolute atomic E-state index is 0.180. The van der Waals surface area contributed by atoms with E-state index in [0.29, 0.717) is 23.9 Å². The first kappa shape index (κ1) is 19.8. The van der Waals surface area contributed by atoms with E-state index in [1.54, 1.807) is 37.3 Å². The minimum Gasteiger partial charge on any atom is -0.494 e. The number of carbonyl (C=O) groups excluding carboxylic acids is 2. The standard InChI is InChI=1S/C21H23N5O4/c1-3-29-14-7-9-15(10-8-14)30-12-19(27)23-18-11-13(2)25-26(18)21-22-17-6-4-5-16(17)20(28)24-21/h7-11,16H,3-6,12H2,1-2H3,(H,23,27). The highest BCUT2D eigenvalue weighted by atomic mass is 16.5. The maximum atomic E-state index is 12.4. The topological polar surface area (TPSA) is 107 Å². The number of aliphatic imine (C=N–C) groups is 2. The Kier molecular flexibility index (Phi) is 5.60. The Morgan fingerprint density at radius 2 is 1.93 bits per heavy atom. The number of aromatic nitrogens is 2. The van der Waals surface area contributed by atoms with Crippen molar-refractivity contribution in [2.75, 3.05) is 18.5 Å². The van der Waals surface area contributed by atoms with Crippen LogP contribution in [0.25, 0.3) is 0 Å². The molecule has 30 heavy (non-hydrogen) atoms. The SMILES string of the molecule is CCOc1ccc(OCC(=O)Nc2cc(C)nn2C2=NC(=O)C3CCCC3=N2)cc1. The van der Waals surface area contributed by atoms with Crippen molar-refractivity contribution in [1.29, 1.82) is 0 Å². The number of amides is 2. The zero-order chi connectivity index (χ0) is 21.1. The first-order valence-corrected chi connectivity index (χ1v) is 9.96. The molecule has 2 amide bonds. The summed E-state index contributed by atoms with van der Waals surface area (Å²) in [6, 6.07) is 8.74. The van der Waals surface area contributed by atoms with Crippen LogP contribution < -0.4 is 14.8 Å². The summed E-state index contributed by atoms with van der Waals surface area (Å²) in [5, 5.41) is 7.09. The average molecular weight is 409 g/mol. The van der Waals surface area contributed by atoms with Gasteiger partial charge in [-0.05, 0) is 57.4 Å². The van der Waals surface area contributed by atoms with Gasteiger partial charge >= 0.3 is 0 Å². The fourth-order valence-electron chi connectivity index (χ4n) is 3.52. The number of benzene rings is 1. The molecule has 2 aliphatic rings. The second-order valence-corrected chi connectivity index (χ2v) is 7.12. The van der Waals surface area contributed by atoms with Crippen LogP contribution in [0.5, 0.6) is 11.5 Å². The van der Waals surface area contributed by atoms with Crippen LogP contribution in [0, 0.1) is 12.8 Å². The highest BCUT2D eigenvalue weighted by molar-refractivity contribution is 6.17. The van der Waals surface area contributed by atoms with E-state index in [2.05, 4.69) is 20.4 Å². The van der Waals surface area contributed by atoms with Gasteiger partial charge in [0.15, 0.2) is 6.61 Å². The number of rotatable bonds is 6. The molecule has 1 N–H and O–H groups in total. The smallest absolute Gasteiger partial charge is 0.263 e. The minimum atomic E-state index is -0.362. The number of aryl methyl sites for hydroxylation is 1. The summed E-state index contributed by atoms with van der Waals surface area (Å²) in [6.07, 6.45) is 2.51. The van der Waals surface area contributed by atoms with Crippen molar-refractivity contribution in [3.05, 3.63) is 36.0 Å². The lowest BCUT2D eigenvalue weighted by molar-refractivity contribution is -0.120. The molecule has 1 fully saturated rings. The molecule has 9 heteroatoms. The number of fused-ring (bicyclic) bond motifs is 1. The van der Waals surface area contributed by atoms with Gasteiger partial charge in [-0.15, -0.1) is 0 Å². The van der Waals surface area contributed by atoms with Crippen LogP contribution in [-0.2, 0) is 9.59 Å². The zero-order valence-corrected chi connectivity index (χ0v) is 16.9. The molecule has 156 valence electrons. The lowest BCUT2D eigenvalue weighted by Gasteiger charge is -2.15. The van der Waals surface area contributed by atoms with E-state index >= 15 is 0 Å². The molecular formula is C21H23N5O4. The van der Waals surface area contributed by atoms with E-state index < -0.39 is 0 Å². The molecule has 2 heterocycles. The van der Waals surface area contributed by atoms with Crippen molar-refractivity contribution in [1.82, 2.24) is 9.78 Å². The number of ether oxygens (including phenoxy) is 2. The zero-order valence-electron chi connectivity index (χ0n) is 16.9. The van der Waals surface area contributed by atoms with Crippen LogP contribution in [-0.4, -0.2) is 46.5 Å². The van der Waals surface area contributed by atoms with Gasteiger partial charge in [0.2, 0.25) is 0 Å². The monoisotopic (exact) mass is 409 g/mol. The van der Waals surface area contributed by atoms with Crippen LogP contribution >= 0.6 is 0 Å². The predicted octanol–water partition coefficient (Wildman–Crippen LogP) is 2.59. The molecule has 1 aliphatic carbocycles. The second-order valence-electron chi connectivity index (χ2n) is 7.12. The summed E-state index contributed by atoms with van der Waals surface area (Å²) in [7, 11) is 0. The maximum absolute atomic E-state index is 12.4. The Hall–Kier alpha value is -3.49. The van der Waals surface area contributed by atoms with Gasteiger partial charge in [0.1, 0.15) is 17.3 Å². The molecule has 1 aromatic carbocycles. The summed E-state index contributed by atoms with van der Waals surface area (Å²) in [5.41, 5.74) is 1.51. The number of nitrogens with one attached hydrogen (secondary N) is 1. The highest BCUT2D eigenvalue weighted by Gasteiger charge is 2.33. The highest BCUT2D eigenvalue weighted by Crippen LogP contribution is 2.27. The molecule has 9 nitrogen and oxygen atoms in total. The number of anilines is 1. The third kappa shape index (κ3) is 4.24. The van der Waals surface area contributed by atoms with E-state index in [4.69, 9.17) is 9.47 Å². The molecule has 2 aromatic rings. The molecule has 1 unspecified atom stereocenters. The van der Waals surface area contributed by atoms with Crippen LogP contribution in [0.2, 0.25) is 0 Å². The number of nitrogens with zero attached hydrogens (tertiary/aromatic N) is 4. The normalized spacial score (nSPS) is 17.8. The van der Waals surface area contributed by atoms with Crippen molar-refractivity contribution < 1.29 is 19.1 Å². The fourth-order valence-corrected chi connectivity index (χ4v) is 3.52. The summed E-state index contributed by atoms with van der Waals surface area (Å²) >= 11 is 0. The first-order valence-electron chi connectivity index (χ1n) is 9.96. The van der Waals surface area contributed by atoms with Gasteiger partial charge in [-0.1, -0.05) is 0 Å². The number of carbonyl (C=O) groups is 2. The van der Waals surface area contributed by atoms with E-state index in [1.165, 1.54) is 4.68 Å². The lowest BCUT2D eigenvalue weighted by Crippen LogP contribution is -2.29. The number of hydrogen-bond acceptors (Lipinski definition) is 6. The van der Waals surface area contributed by atoms with Crippen LogP contribution in [0.4, 0.5) is 5.82 Å².